The third-order valence-electron chi connectivity index (χ3n) is 6.30. The molecule has 0 spiro atoms. The van der Waals surface area contributed by atoms with Crippen molar-refractivity contribution in [2.24, 2.45) is 0 Å². The maximum atomic E-state index is 13.0. The molecule has 28 heavy (non-hydrogen) atoms. The van der Waals surface area contributed by atoms with Crippen LogP contribution in [-0.4, -0.2) is 59.0 Å². The van der Waals surface area contributed by atoms with E-state index in [9.17, 15) is 4.79 Å². The predicted molar refractivity (Wildman–Crippen MR) is 109 cm³/mol. The van der Waals surface area contributed by atoms with Gasteiger partial charge >= 0.3 is 0 Å². The van der Waals surface area contributed by atoms with Gasteiger partial charge in [0.1, 0.15) is 0 Å². The summed E-state index contributed by atoms with van der Waals surface area (Å²) in [5.41, 5.74) is 2.56. The molecule has 0 bridgehead atoms. The Kier molecular flexibility index (Phi) is 5.78. The Bertz CT molecular complexity index is 790. The lowest BCUT2D eigenvalue weighted by atomic mass is 9.79. The number of hydrogen-bond acceptors (Lipinski definition) is 4. The van der Waals surface area contributed by atoms with Crippen LogP contribution in [0.15, 0.2) is 36.5 Å². The molecule has 1 saturated heterocycles. The Morgan fingerprint density at radius 1 is 1.14 bits per heavy atom. The van der Waals surface area contributed by atoms with E-state index in [1.165, 1.54) is 19.3 Å². The molecule has 1 aliphatic carbocycles. The smallest absolute Gasteiger partial charge is 0.254 e. The zero-order valence-electron chi connectivity index (χ0n) is 16.7. The number of benzene rings is 1. The zero-order valence-corrected chi connectivity index (χ0v) is 16.7. The molecule has 1 amide bonds. The van der Waals surface area contributed by atoms with Crippen LogP contribution in [0, 0.1) is 6.92 Å². The predicted octanol–water partition coefficient (Wildman–Crippen LogP) is 2.95. The van der Waals surface area contributed by atoms with Gasteiger partial charge in [-0.05, 0) is 31.9 Å². The van der Waals surface area contributed by atoms with E-state index < -0.39 is 0 Å². The number of carbonyl (C=O) groups excluding carboxylic acids is 1. The zero-order chi connectivity index (χ0) is 19.4. The lowest BCUT2D eigenvalue weighted by molar-refractivity contribution is -0.0361. The fourth-order valence-electron chi connectivity index (χ4n) is 4.65. The van der Waals surface area contributed by atoms with Gasteiger partial charge in [-0.1, -0.05) is 37.5 Å². The second kappa shape index (κ2) is 8.45. The summed E-state index contributed by atoms with van der Waals surface area (Å²) in [4.78, 5) is 15.5. The summed E-state index contributed by atoms with van der Waals surface area (Å²) in [6.45, 7) is 6.15. The number of rotatable bonds is 5. The second-order valence-corrected chi connectivity index (χ2v) is 7.96. The van der Waals surface area contributed by atoms with Gasteiger partial charge in [0.05, 0.1) is 36.4 Å². The molecular formula is C22H30N4O2. The van der Waals surface area contributed by atoms with Gasteiger partial charge in [0.25, 0.3) is 5.91 Å². The van der Waals surface area contributed by atoms with Gasteiger partial charge in [-0.3, -0.25) is 9.69 Å². The van der Waals surface area contributed by atoms with Gasteiger partial charge in [-0.15, -0.1) is 0 Å². The summed E-state index contributed by atoms with van der Waals surface area (Å²) in [6, 6.07) is 9.93. The van der Waals surface area contributed by atoms with Crippen LogP contribution in [0.25, 0.3) is 5.69 Å². The van der Waals surface area contributed by atoms with E-state index in [1.54, 1.807) is 6.20 Å². The van der Waals surface area contributed by atoms with Crippen molar-refractivity contribution in [3.8, 4) is 5.69 Å². The minimum atomic E-state index is -0.0297. The Hall–Kier alpha value is -2.18. The van der Waals surface area contributed by atoms with E-state index >= 15 is 0 Å². The van der Waals surface area contributed by atoms with E-state index in [-0.39, 0.29) is 11.4 Å². The van der Waals surface area contributed by atoms with Gasteiger partial charge in [0.15, 0.2) is 0 Å². The van der Waals surface area contributed by atoms with Gasteiger partial charge in [0, 0.05) is 25.2 Å². The first-order chi connectivity index (χ1) is 13.7. The molecule has 0 atom stereocenters. The van der Waals surface area contributed by atoms with Crippen LogP contribution in [0.4, 0.5) is 0 Å². The first kappa shape index (κ1) is 19.2. The Morgan fingerprint density at radius 3 is 2.57 bits per heavy atom. The highest BCUT2D eigenvalue weighted by atomic mass is 16.5. The highest BCUT2D eigenvalue weighted by Gasteiger charge is 2.39. The van der Waals surface area contributed by atoms with Crippen molar-refractivity contribution < 1.29 is 9.53 Å². The number of para-hydroxylation sites is 1. The Morgan fingerprint density at radius 2 is 1.86 bits per heavy atom. The lowest BCUT2D eigenvalue weighted by Crippen LogP contribution is -2.59. The summed E-state index contributed by atoms with van der Waals surface area (Å²) in [6.07, 6.45) is 7.74. The maximum Gasteiger partial charge on any atom is 0.254 e. The van der Waals surface area contributed by atoms with E-state index in [1.807, 2.05) is 41.9 Å². The summed E-state index contributed by atoms with van der Waals surface area (Å²) in [7, 11) is 0. The van der Waals surface area contributed by atoms with E-state index in [0.29, 0.717) is 12.1 Å². The number of morpholine rings is 1. The van der Waals surface area contributed by atoms with Crippen molar-refractivity contribution in [3.63, 3.8) is 0 Å². The van der Waals surface area contributed by atoms with Crippen LogP contribution in [0.3, 0.4) is 0 Å². The Labute approximate surface area is 166 Å². The molecule has 6 nitrogen and oxygen atoms in total. The van der Waals surface area contributed by atoms with Crippen LogP contribution >= 0.6 is 0 Å². The SMILES string of the molecule is Cc1c(C(=O)NCC2(N3CCOCC3)CCCCC2)cnn1-c1ccccc1. The van der Waals surface area contributed by atoms with Crippen molar-refractivity contribution in [1.29, 1.82) is 0 Å². The Balaban J connectivity index is 1.47. The second-order valence-electron chi connectivity index (χ2n) is 7.96. The molecule has 1 aliphatic heterocycles. The number of amides is 1. The monoisotopic (exact) mass is 382 g/mol. The number of hydrogen-bond donors (Lipinski definition) is 1. The largest absolute Gasteiger partial charge is 0.379 e. The molecule has 1 aromatic carbocycles. The standard InChI is InChI=1S/C22H30N4O2/c1-18-20(16-24-26(18)19-8-4-2-5-9-19)21(27)23-17-22(10-6-3-7-11-22)25-12-14-28-15-13-25/h2,4-5,8-9,16H,3,6-7,10-15,17H2,1H3,(H,23,27). The fraction of sp³-hybridized carbons (Fsp3) is 0.545. The summed E-state index contributed by atoms with van der Waals surface area (Å²) in [5, 5.41) is 7.68. The van der Waals surface area contributed by atoms with Gasteiger partial charge < -0.3 is 10.1 Å². The molecule has 2 heterocycles. The molecule has 1 saturated carbocycles. The third-order valence-corrected chi connectivity index (χ3v) is 6.30. The average molecular weight is 383 g/mol. The third kappa shape index (κ3) is 3.84. The molecule has 4 rings (SSSR count). The summed E-state index contributed by atoms with van der Waals surface area (Å²) >= 11 is 0. The van der Waals surface area contributed by atoms with Gasteiger partial charge in [-0.25, -0.2) is 4.68 Å². The quantitative estimate of drug-likeness (QED) is 0.864. The van der Waals surface area contributed by atoms with E-state index in [4.69, 9.17) is 4.74 Å². The molecule has 2 fully saturated rings. The minimum absolute atomic E-state index is 0.0297. The molecule has 1 N–H and O–H groups in total. The topological polar surface area (TPSA) is 59.4 Å². The van der Waals surface area contributed by atoms with Crippen LogP contribution in [0.1, 0.15) is 48.2 Å². The number of ether oxygens (including phenoxy) is 1. The highest BCUT2D eigenvalue weighted by molar-refractivity contribution is 5.95. The first-order valence-electron chi connectivity index (χ1n) is 10.4. The van der Waals surface area contributed by atoms with Crippen LogP contribution in [-0.2, 0) is 4.74 Å². The van der Waals surface area contributed by atoms with Crippen molar-refractivity contribution in [2.75, 3.05) is 32.8 Å². The van der Waals surface area contributed by atoms with Crippen LogP contribution in [0.5, 0.6) is 0 Å². The van der Waals surface area contributed by atoms with Crippen LogP contribution < -0.4 is 5.32 Å². The molecule has 6 heteroatoms. The number of aromatic nitrogens is 2. The molecular weight excluding hydrogens is 352 g/mol. The van der Waals surface area contributed by atoms with Crippen molar-refractivity contribution in [3.05, 3.63) is 47.8 Å². The number of nitrogens with one attached hydrogen (secondary N) is 1. The molecule has 0 radical (unpaired) electrons. The number of carbonyl (C=O) groups is 1. The summed E-state index contributed by atoms with van der Waals surface area (Å²) in [5.74, 6) is -0.0297. The molecule has 1 aromatic heterocycles. The fourth-order valence-corrected chi connectivity index (χ4v) is 4.65. The van der Waals surface area contributed by atoms with E-state index in [0.717, 1.165) is 50.5 Å². The first-order valence-corrected chi connectivity index (χ1v) is 10.4. The van der Waals surface area contributed by atoms with Gasteiger partial charge in [0.2, 0.25) is 0 Å². The van der Waals surface area contributed by atoms with Gasteiger partial charge in [-0.2, -0.15) is 5.10 Å². The minimum Gasteiger partial charge on any atom is -0.379 e. The highest BCUT2D eigenvalue weighted by Crippen LogP contribution is 2.34. The van der Waals surface area contributed by atoms with Crippen LogP contribution in [0.2, 0.25) is 0 Å². The summed E-state index contributed by atoms with van der Waals surface area (Å²) < 4.78 is 7.38. The average Bonchev–Trinajstić information content (AvgIpc) is 3.15. The molecule has 2 aromatic rings. The van der Waals surface area contributed by atoms with Crippen molar-refractivity contribution in [2.45, 2.75) is 44.6 Å². The molecule has 150 valence electrons. The lowest BCUT2D eigenvalue weighted by Gasteiger charge is -2.48. The normalized spacial score (nSPS) is 20.0. The van der Waals surface area contributed by atoms with Crippen molar-refractivity contribution >= 4 is 5.91 Å². The number of nitrogens with zero attached hydrogens (tertiary/aromatic N) is 3. The molecule has 2 aliphatic rings. The molecule has 0 unspecified atom stereocenters. The van der Waals surface area contributed by atoms with Crippen molar-refractivity contribution in [1.82, 2.24) is 20.0 Å². The maximum absolute atomic E-state index is 13.0. The van der Waals surface area contributed by atoms with E-state index in [2.05, 4.69) is 15.3 Å².